The average molecular weight is 1940 g/mol. The molecule has 3 aromatic heterocycles. The van der Waals surface area contributed by atoms with Crippen LogP contribution in [0.2, 0.25) is 21.1 Å². The number of carbonyl (C=O) groups excluding carboxylic acids is 5. The van der Waals surface area contributed by atoms with E-state index >= 15 is 0 Å². The number of hydrogen-bond donors (Lipinski definition) is 6. The SMILES string of the molecule is CC.CC.CC.CC(=O)CC(C)=O.CC(N)=O.COc1ccc2ccccc2c1.C[O-].Nc1nc(Cl)nc(Cl)n1.Nc1nc(Cl)nc(Oc2ccc3ccccc3c2)n1.O=C(Nc1ccccc1)Nc1nc(Cl)nc(Oc2ccc3ccccc3c2)n1.O=C=Nc1ccccc1.Oc1ccc2ccccc2c1.[CH3-].[CH3-].[CH3-].[Na+].[Y].[Y].[Y].c1ccccc1. The van der Waals surface area contributed by atoms with Gasteiger partial charge in [0.05, 0.1) is 19.2 Å². The number of isocyanates is 1. The van der Waals surface area contributed by atoms with E-state index in [4.69, 9.17) is 82.3 Å². The van der Waals surface area contributed by atoms with Crippen LogP contribution in [0.4, 0.5) is 34.0 Å². The molecule has 25 nitrogen and oxygen atoms in total. The molecule has 0 saturated carbocycles. The van der Waals surface area contributed by atoms with Crippen LogP contribution >= 0.6 is 46.4 Å². The van der Waals surface area contributed by atoms with Crippen LogP contribution in [0.3, 0.4) is 0 Å². The van der Waals surface area contributed by atoms with Gasteiger partial charge in [-0.2, -0.15) is 57.0 Å². The van der Waals surface area contributed by atoms with Gasteiger partial charge in [0.15, 0.2) is 0 Å². The van der Waals surface area contributed by atoms with Crippen LogP contribution in [0, 0.1) is 22.3 Å². The summed E-state index contributed by atoms with van der Waals surface area (Å²) in [6.45, 7) is 16.1. The van der Waals surface area contributed by atoms with Crippen LogP contribution in [0.5, 0.6) is 35.0 Å². The van der Waals surface area contributed by atoms with Crippen LogP contribution in [-0.4, -0.2) is 93.8 Å². The van der Waals surface area contributed by atoms with E-state index in [1.807, 2.05) is 248 Å². The Kier molecular flexibility index (Phi) is 75.3. The number of anilines is 4. The third kappa shape index (κ3) is 53.8. The van der Waals surface area contributed by atoms with Crippen molar-refractivity contribution in [2.24, 2.45) is 10.7 Å². The number of nitrogens with zero attached hydrogens (tertiary/aromatic N) is 10. The Morgan fingerprint density at radius 1 is 0.417 bits per heavy atom. The van der Waals surface area contributed by atoms with Gasteiger partial charge in [0.1, 0.15) is 34.6 Å². The second-order valence-electron chi connectivity index (χ2n) is 21.0. The number of fused-ring (bicyclic) bond motifs is 4. The van der Waals surface area contributed by atoms with Crippen molar-refractivity contribution in [3.05, 3.63) is 310 Å². The maximum atomic E-state index is 12.1. The predicted octanol–water partition coefficient (Wildman–Crippen LogP) is 18.1. The van der Waals surface area contributed by atoms with Gasteiger partial charge in [-0.25, -0.2) is 9.59 Å². The molecule has 3 amide bonds. The van der Waals surface area contributed by atoms with Crippen LogP contribution < -0.4 is 76.7 Å². The molecule has 9 N–H and O–H groups in total. The van der Waals surface area contributed by atoms with Gasteiger partial charge < -0.3 is 69.2 Å². The monoisotopic (exact) mass is 1940 g/mol. The molecule has 0 unspecified atom stereocenters. The fourth-order valence-electron chi connectivity index (χ4n) is 8.39. The molecule has 0 bridgehead atoms. The van der Waals surface area contributed by atoms with Crippen LogP contribution in [0.15, 0.2) is 272 Å². The first kappa shape index (κ1) is 122. The van der Waals surface area contributed by atoms with Gasteiger partial charge in [0.2, 0.25) is 51.0 Å². The van der Waals surface area contributed by atoms with Crippen LogP contribution in [0.25, 0.3) is 43.1 Å². The van der Waals surface area contributed by atoms with E-state index < -0.39 is 6.03 Å². The van der Waals surface area contributed by atoms with Gasteiger partial charge in [0.25, 0.3) is 0 Å². The van der Waals surface area contributed by atoms with E-state index in [9.17, 15) is 24.0 Å². The number of phenolic OH excluding ortho intramolecular Hbond substituents is 1. The summed E-state index contributed by atoms with van der Waals surface area (Å²) in [6.07, 6.45) is 1.54. The second kappa shape index (κ2) is 74.0. The molecule has 0 spiro atoms. The number of aromatic nitrogens is 9. The Balaban J connectivity index is -0.000000314. The van der Waals surface area contributed by atoms with Crippen molar-refractivity contribution in [3.8, 4) is 35.0 Å². The Morgan fingerprint density at radius 3 is 1.07 bits per heavy atom. The van der Waals surface area contributed by atoms with Crippen molar-refractivity contribution in [1.82, 2.24) is 44.9 Å². The zero-order chi connectivity index (χ0) is 83.7. The number of para-hydroxylation sites is 2. The van der Waals surface area contributed by atoms with Gasteiger partial charge in [0, 0.05) is 111 Å². The predicted molar refractivity (Wildman–Crippen MR) is 472 cm³/mol. The zero-order valence-electron chi connectivity index (χ0n) is 69.7. The second-order valence-corrected chi connectivity index (χ2v) is 22.3. The summed E-state index contributed by atoms with van der Waals surface area (Å²) in [7, 11) is 2.43. The maximum absolute atomic E-state index is 12.1. The summed E-state index contributed by atoms with van der Waals surface area (Å²) in [6, 6.07) is 84.3. The fourth-order valence-corrected chi connectivity index (χ4v) is 9.07. The number of amides is 3. The number of methoxy groups -OCH3 is 1. The molecule has 0 aliphatic heterocycles. The first-order valence-electron chi connectivity index (χ1n) is 34.5. The number of aromatic hydroxyl groups is 1. The summed E-state index contributed by atoms with van der Waals surface area (Å²) in [4.78, 5) is 88.2. The number of ketones is 2. The van der Waals surface area contributed by atoms with Crippen molar-refractivity contribution >= 4 is 148 Å². The normalized spacial score (nSPS) is 8.67. The summed E-state index contributed by atoms with van der Waals surface area (Å²) in [5.41, 5.74) is 16.4. The molecule has 0 fully saturated rings. The standard InChI is InChI=1S/C20H14ClN5O2.C13H9ClN4O.C11H10O.C10H8O.C7H5NO.C6H6.C5H8O2.C3H2Cl2N4.C2H5NO.3C2H6.CH3O.3CH3.Na.3Y/c21-17-23-18(25-19(27)22-15-8-2-1-3-9-15)26-20(24-17)28-16-11-10-13-6-4-5-7-14(13)12-16;14-11-16-12(15)18-13(17-11)19-10-6-5-8-3-1-2-4-9(8)7-10;1-12-11-7-6-9-4-2-3-5-10(9)8-11;11-10-6-5-8-3-1-2-4-9(8)7-10;9-6-8-7-4-2-1-3-5-7;1-2-4-6-5-3-1;1-4(6)3-5(2)7;4-1-7-2(5)9-3(6)8-1;1-2(3)4;4*1-2;;;;;;;/h1-12H,(H2,22,23,24,25,26,27);1-7H,(H2,15,16,17,18);2-8H,1H3;1-7,11H;1-5H;1-6H;3H2,1-2H3;(H2,6,7,8,9);1H3,(H2,3,4);3*1-2H3;1H3;3*1H3;;;;/q;;;;;;;;;;;;4*-1;+1;;;. The summed E-state index contributed by atoms with van der Waals surface area (Å²) < 4.78 is 16.3. The number of primary amides is 1. The minimum absolute atomic E-state index is 0. The molecule has 33 heteroatoms. The quantitative estimate of drug-likeness (QED) is 0.0243. The Hall–Kier alpha value is -8.82. The number of benzene rings is 11. The summed E-state index contributed by atoms with van der Waals surface area (Å²) >= 11 is 22.3. The molecular formula is C87H97Cl4N15NaO10Y3-3. The largest absolute Gasteiger partial charge is 1.00 e. The van der Waals surface area contributed by atoms with Gasteiger partial charge in [-0.05, 0) is 176 Å². The van der Waals surface area contributed by atoms with Gasteiger partial charge in [-0.15, -0.1) is 0 Å². The van der Waals surface area contributed by atoms with E-state index in [0.717, 1.165) is 45.2 Å². The molecule has 120 heavy (non-hydrogen) atoms. The maximum Gasteiger partial charge on any atom is 1.00 e. The molecule has 11 aromatic carbocycles. The number of nitrogens with one attached hydrogen (secondary N) is 2. The number of nitrogen functional groups attached to an aromatic ring is 2. The van der Waals surface area contributed by atoms with Crippen molar-refractivity contribution in [3.63, 3.8) is 0 Å². The molecule has 14 rings (SSSR count). The van der Waals surface area contributed by atoms with Crippen molar-refractivity contribution in [2.75, 3.05) is 36.3 Å². The van der Waals surface area contributed by atoms with Gasteiger partial charge >= 0.3 is 47.6 Å². The number of phenols is 1. The molecule has 0 aliphatic rings. The number of hydrogen-bond acceptors (Lipinski definition) is 22. The first-order valence-corrected chi connectivity index (χ1v) is 36.0. The molecular weight excluding hydrogens is 1850 g/mol. The van der Waals surface area contributed by atoms with E-state index in [1.54, 1.807) is 49.6 Å². The molecule has 0 aliphatic carbocycles. The van der Waals surface area contributed by atoms with Gasteiger partial charge in [-0.3, -0.25) is 19.7 Å². The van der Waals surface area contributed by atoms with E-state index in [0.29, 0.717) is 28.6 Å². The Morgan fingerprint density at radius 2 is 0.717 bits per heavy atom. The van der Waals surface area contributed by atoms with Crippen LogP contribution in [-0.2, 0) is 117 Å². The molecule has 0 atom stereocenters. The molecule has 3 heterocycles. The van der Waals surface area contributed by atoms with E-state index in [2.05, 4.69) is 84.4 Å². The van der Waals surface area contributed by atoms with Crippen molar-refractivity contribution in [1.29, 1.82) is 0 Å². The molecule has 3 radical (unpaired) electrons. The number of nitrogens with two attached hydrogens (primary N) is 3. The minimum atomic E-state index is -0.509. The number of carbonyl (C=O) groups is 4. The summed E-state index contributed by atoms with van der Waals surface area (Å²) in [5, 5.41) is 31.5. The number of ether oxygens (including phenoxy) is 3. The average Bonchev–Trinajstić information content (AvgIpc) is 0.826. The third-order valence-electron chi connectivity index (χ3n) is 12.7. The zero-order valence-corrected chi connectivity index (χ0v) is 83.2. The molecule has 14 aromatic rings. The van der Waals surface area contributed by atoms with Gasteiger partial charge in [-0.1, -0.05) is 236 Å². The Labute approximate surface area is 821 Å². The number of halogens is 4. The van der Waals surface area contributed by atoms with Crippen molar-refractivity contribution in [2.45, 2.75) is 68.7 Å². The number of rotatable bonds is 10. The van der Waals surface area contributed by atoms with Crippen molar-refractivity contribution < 1.29 is 176 Å². The number of Topliss-reactive ketones (excluding diaryl/α,β-unsaturated/α-hetero) is 2. The van der Waals surface area contributed by atoms with E-state index in [1.165, 1.54) is 37.6 Å². The molecule has 0 saturated heterocycles. The fraction of sp³-hybridized carbons (Fsp3) is 0.138. The third-order valence-corrected chi connectivity index (χ3v) is 13.4. The number of urea groups is 1. The smallest absolute Gasteiger partial charge is 0.857 e. The van der Waals surface area contributed by atoms with Crippen LogP contribution in [0.1, 0.15) is 68.7 Å². The van der Waals surface area contributed by atoms with E-state index in [-0.39, 0.29) is 225 Å². The first-order chi connectivity index (χ1) is 54.6. The number of aliphatic imine (C=N–C) groups is 1. The minimum Gasteiger partial charge on any atom is -0.857 e. The summed E-state index contributed by atoms with van der Waals surface area (Å²) in [5.74, 6) is 1.96. The Bertz CT molecular complexity index is 5080. The molecule has 621 valence electrons. The topological polar surface area (TPSA) is 387 Å².